The summed E-state index contributed by atoms with van der Waals surface area (Å²) in [6.07, 6.45) is 4.87. The van der Waals surface area contributed by atoms with E-state index in [0.717, 1.165) is 17.0 Å². The number of nitrogens with zero attached hydrogens (tertiary/aromatic N) is 4. The first-order chi connectivity index (χ1) is 12.7. The van der Waals surface area contributed by atoms with Crippen LogP contribution in [0.1, 0.15) is 23.6 Å². The lowest BCUT2D eigenvalue weighted by Crippen LogP contribution is -2.36. The number of aromatic nitrogens is 4. The van der Waals surface area contributed by atoms with Crippen LogP contribution in [0.15, 0.2) is 45.9 Å². The second-order valence-electron chi connectivity index (χ2n) is 6.11. The summed E-state index contributed by atoms with van der Waals surface area (Å²) >= 11 is 0. The van der Waals surface area contributed by atoms with Crippen molar-refractivity contribution >= 4 is 5.91 Å². The number of pyridine rings is 1. The number of nitrogens with one attached hydrogen (secondary N) is 1. The largest absolute Gasteiger partial charge is 0.441 e. The Labute approximate surface area is 148 Å². The van der Waals surface area contributed by atoms with Crippen LogP contribution in [0.5, 0.6) is 0 Å². The molecule has 0 atom stereocenters. The fraction of sp³-hybridized carbons (Fsp3) is 0.278. The van der Waals surface area contributed by atoms with Crippen molar-refractivity contribution in [1.82, 2.24) is 25.1 Å². The van der Waals surface area contributed by atoms with Crippen LogP contribution in [-0.2, 0) is 24.2 Å². The maximum atomic E-state index is 12.5. The monoisotopic (exact) mass is 351 g/mol. The van der Waals surface area contributed by atoms with Crippen molar-refractivity contribution in [2.75, 3.05) is 6.54 Å². The number of hydrogen-bond donors (Lipinski definition) is 1. The summed E-state index contributed by atoms with van der Waals surface area (Å²) in [6, 6.07) is 6.77. The zero-order chi connectivity index (χ0) is 17.9. The highest BCUT2D eigenvalue weighted by Gasteiger charge is 2.25. The van der Waals surface area contributed by atoms with Crippen LogP contribution in [0.4, 0.5) is 0 Å². The van der Waals surface area contributed by atoms with E-state index in [1.165, 1.54) is 6.07 Å². The molecule has 1 amide bonds. The first kappa shape index (κ1) is 16.2. The fourth-order valence-electron chi connectivity index (χ4n) is 2.93. The predicted octanol–water partition coefficient (Wildman–Crippen LogP) is 1.34. The van der Waals surface area contributed by atoms with Crippen molar-refractivity contribution in [3.63, 3.8) is 0 Å². The van der Waals surface area contributed by atoms with Crippen LogP contribution < -0.4 is 5.56 Å². The summed E-state index contributed by atoms with van der Waals surface area (Å²) in [5.41, 5.74) is 2.06. The molecule has 1 N–H and O–H groups in total. The van der Waals surface area contributed by atoms with Crippen LogP contribution in [0, 0.1) is 0 Å². The molecule has 0 radical (unpaired) electrons. The normalized spacial score (nSPS) is 13.5. The molecule has 8 heteroatoms. The van der Waals surface area contributed by atoms with Crippen molar-refractivity contribution in [2.45, 2.75) is 25.8 Å². The average Bonchev–Trinajstić information content (AvgIpc) is 3.11. The number of amides is 1. The van der Waals surface area contributed by atoms with Gasteiger partial charge in [0.1, 0.15) is 11.5 Å². The van der Waals surface area contributed by atoms with Gasteiger partial charge in [0.15, 0.2) is 0 Å². The number of fused-ring (bicyclic) bond motifs is 1. The lowest BCUT2D eigenvalue weighted by molar-refractivity contribution is -0.132. The minimum Gasteiger partial charge on any atom is -0.441 e. The second kappa shape index (κ2) is 6.91. The third-order valence-electron chi connectivity index (χ3n) is 4.32. The van der Waals surface area contributed by atoms with Gasteiger partial charge in [-0.05, 0) is 18.2 Å². The third kappa shape index (κ3) is 3.39. The highest BCUT2D eigenvalue weighted by Crippen LogP contribution is 2.26. The van der Waals surface area contributed by atoms with Gasteiger partial charge in [-0.15, -0.1) is 0 Å². The smallest absolute Gasteiger partial charge is 0.264 e. The molecule has 4 rings (SSSR count). The number of hydrogen-bond acceptors (Lipinski definition) is 6. The Balaban J connectivity index is 1.41. The van der Waals surface area contributed by atoms with Crippen LogP contribution in [-0.4, -0.2) is 37.5 Å². The number of carbonyl (C=O) groups excluding carboxylic acids is 1. The van der Waals surface area contributed by atoms with E-state index in [1.807, 2.05) is 12.1 Å². The Morgan fingerprint density at radius 3 is 3.00 bits per heavy atom. The molecule has 1 aliphatic heterocycles. The Kier molecular flexibility index (Phi) is 4.30. The number of H-pyrrole nitrogens is 1. The number of rotatable bonds is 4. The molecular formula is C18H17N5O3. The van der Waals surface area contributed by atoms with Gasteiger partial charge in [0.25, 0.3) is 5.56 Å². The van der Waals surface area contributed by atoms with Gasteiger partial charge in [0.05, 0.1) is 17.8 Å². The quantitative estimate of drug-likeness (QED) is 0.760. The van der Waals surface area contributed by atoms with Gasteiger partial charge in [-0.1, -0.05) is 0 Å². The third-order valence-corrected chi connectivity index (χ3v) is 4.32. The molecule has 3 aromatic rings. The molecule has 1 aliphatic rings. The molecule has 0 aliphatic carbocycles. The molecule has 0 spiro atoms. The van der Waals surface area contributed by atoms with Gasteiger partial charge < -0.3 is 9.32 Å². The van der Waals surface area contributed by atoms with Gasteiger partial charge in [0.2, 0.25) is 11.8 Å². The molecule has 0 bridgehead atoms. The van der Waals surface area contributed by atoms with Crippen LogP contribution >= 0.6 is 0 Å². The van der Waals surface area contributed by atoms with E-state index in [-0.39, 0.29) is 11.5 Å². The highest BCUT2D eigenvalue weighted by atomic mass is 16.4. The van der Waals surface area contributed by atoms with Crippen LogP contribution in [0.25, 0.3) is 11.5 Å². The van der Waals surface area contributed by atoms with Crippen molar-refractivity contribution in [3.05, 3.63) is 64.2 Å². The molecule has 8 nitrogen and oxygen atoms in total. The Hall–Kier alpha value is -3.29. The number of carbonyl (C=O) groups is 1. The van der Waals surface area contributed by atoms with Crippen molar-refractivity contribution in [3.8, 4) is 11.5 Å². The molecule has 4 heterocycles. The predicted molar refractivity (Wildman–Crippen MR) is 92.0 cm³/mol. The fourth-order valence-corrected chi connectivity index (χ4v) is 2.93. The van der Waals surface area contributed by atoms with E-state index in [0.29, 0.717) is 43.9 Å². The Bertz CT molecular complexity index is 959. The summed E-state index contributed by atoms with van der Waals surface area (Å²) in [5, 5.41) is 6.30. The molecular weight excluding hydrogens is 334 g/mol. The molecule has 0 unspecified atom stereocenters. The molecule has 0 fully saturated rings. The van der Waals surface area contributed by atoms with E-state index in [1.54, 1.807) is 23.4 Å². The van der Waals surface area contributed by atoms with E-state index in [4.69, 9.17) is 4.42 Å². The van der Waals surface area contributed by atoms with Gasteiger partial charge in [-0.3, -0.25) is 14.6 Å². The van der Waals surface area contributed by atoms with Crippen molar-refractivity contribution in [2.24, 2.45) is 0 Å². The average molecular weight is 351 g/mol. The minimum atomic E-state index is -0.251. The molecule has 132 valence electrons. The van der Waals surface area contributed by atoms with Gasteiger partial charge in [-0.25, -0.2) is 10.1 Å². The Morgan fingerprint density at radius 1 is 1.31 bits per heavy atom. The zero-order valence-electron chi connectivity index (χ0n) is 14.0. The summed E-state index contributed by atoms with van der Waals surface area (Å²) < 4.78 is 5.83. The van der Waals surface area contributed by atoms with E-state index in [2.05, 4.69) is 20.2 Å². The first-order valence-electron chi connectivity index (χ1n) is 8.40. The van der Waals surface area contributed by atoms with Crippen molar-refractivity contribution in [1.29, 1.82) is 0 Å². The topological polar surface area (TPSA) is 105 Å². The van der Waals surface area contributed by atoms with E-state index < -0.39 is 0 Å². The van der Waals surface area contributed by atoms with Crippen LogP contribution in [0.2, 0.25) is 0 Å². The lowest BCUT2D eigenvalue weighted by Gasteiger charge is -2.25. The van der Waals surface area contributed by atoms with E-state index in [9.17, 15) is 9.59 Å². The number of aryl methyl sites for hydroxylation is 1. The first-order valence-corrected chi connectivity index (χ1v) is 8.40. The zero-order valence-corrected chi connectivity index (χ0v) is 14.0. The molecule has 3 aromatic heterocycles. The van der Waals surface area contributed by atoms with E-state index >= 15 is 0 Å². The maximum absolute atomic E-state index is 12.5. The second-order valence-corrected chi connectivity index (χ2v) is 6.11. The van der Waals surface area contributed by atoms with Crippen LogP contribution in [0.3, 0.4) is 0 Å². The highest BCUT2D eigenvalue weighted by molar-refractivity contribution is 5.76. The maximum Gasteiger partial charge on any atom is 0.264 e. The Morgan fingerprint density at radius 2 is 2.23 bits per heavy atom. The SMILES string of the molecule is O=C(CCc1ccc(=O)[nH]n1)N1CCc2oc(-c3cccnc3)nc2C1. The standard InChI is InChI=1S/C18H17N5O3/c24-16-5-3-13(21-22-16)4-6-17(25)23-9-7-15-14(11-23)20-18(26-15)12-2-1-8-19-10-12/h1-3,5,8,10H,4,6-7,9,11H2,(H,22,24). The summed E-state index contributed by atoms with van der Waals surface area (Å²) in [5.74, 6) is 1.40. The minimum absolute atomic E-state index is 0.0366. The molecule has 0 saturated heterocycles. The van der Waals surface area contributed by atoms with Gasteiger partial charge >= 0.3 is 0 Å². The summed E-state index contributed by atoms with van der Waals surface area (Å²) in [6.45, 7) is 1.05. The number of oxazole rings is 1. The summed E-state index contributed by atoms with van der Waals surface area (Å²) in [7, 11) is 0. The molecule has 0 saturated carbocycles. The van der Waals surface area contributed by atoms with Gasteiger partial charge in [0, 0.05) is 44.3 Å². The summed E-state index contributed by atoms with van der Waals surface area (Å²) in [4.78, 5) is 33.9. The van der Waals surface area contributed by atoms with Crippen molar-refractivity contribution < 1.29 is 9.21 Å². The lowest BCUT2D eigenvalue weighted by atomic mass is 10.1. The molecule has 0 aromatic carbocycles. The molecule has 26 heavy (non-hydrogen) atoms. The number of aromatic amines is 1. The van der Waals surface area contributed by atoms with Gasteiger partial charge in [-0.2, -0.15) is 5.10 Å².